The van der Waals surface area contributed by atoms with Crippen molar-refractivity contribution in [2.24, 2.45) is 5.92 Å². The number of nitrogens with one attached hydrogen (secondary N) is 1. The molecule has 1 fully saturated rings. The Balaban J connectivity index is 1.31. The third kappa shape index (κ3) is 4.76. The summed E-state index contributed by atoms with van der Waals surface area (Å²) in [6.07, 6.45) is 2.07. The van der Waals surface area contributed by atoms with Gasteiger partial charge in [0.15, 0.2) is 0 Å². The number of anilines is 1. The van der Waals surface area contributed by atoms with Crippen LogP contribution in [0.1, 0.15) is 35.2 Å². The van der Waals surface area contributed by atoms with Crippen molar-refractivity contribution in [2.75, 3.05) is 31.5 Å². The Hall–Kier alpha value is -3.22. The molecule has 1 unspecified atom stereocenters. The molecule has 2 aromatic rings. The predicted octanol–water partition coefficient (Wildman–Crippen LogP) is 3.09. The highest BCUT2D eigenvalue weighted by Gasteiger charge is 2.28. The van der Waals surface area contributed by atoms with Gasteiger partial charge in [-0.1, -0.05) is 30.3 Å². The molecule has 162 valence electrons. The number of para-hydroxylation sites is 1. The fraction of sp³-hybridized carbons (Fsp3) is 0.375. The first-order valence-electron chi connectivity index (χ1n) is 10.7. The highest BCUT2D eigenvalue weighted by molar-refractivity contribution is 5.96. The van der Waals surface area contributed by atoms with Gasteiger partial charge in [-0.25, -0.2) is 4.39 Å². The molecule has 2 aromatic carbocycles. The number of rotatable bonds is 4. The summed E-state index contributed by atoms with van der Waals surface area (Å²) in [5, 5.41) is 2.92. The SMILES string of the molecule is O=C1Nc2ccccc2CC1CCC(=O)N1CCCN(C(=O)c2ccccc2F)CC1. The molecule has 7 heteroatoms. The molecule has 0 radical (unpaired) electrons. The molecular formula is C24H26FN3O3. The van der Waals surface area contributed by atoms with Crippen LogP contribution in [0.4, 0.5) is 10.1 Å². The first-order valence-corrected chi connectivity index (χ1v) is 10.7. The number of hydrogen-bond acceptors (Lipinski definition) is 3. The van der Waals surface area contributed by atoms with E-state index in [4.69, 9.17) is 0 Å². The highest BCUT2D eigenvalue weighted by Crippen LogP contribution is 2.27. The third-order valence-electron chi connectivity index (χ3n) is 6.06. The van der Waals surface area contributed by atoms with Crippen molar-refractivity contribution in [2.45, 2.75) is 25.7 Å². The summed E-state index contributed by atoms with van der Waals surface area (Å²) in [5.74, 6) is -1.14. The van der Waals surface area contributed by atoms with E-state index in [1.165, 1.54) is 12.1 Å². The standard InChI is InChI=1S/C24H26FN3O3/c25-20-8-3-2-7-19(20)24(31)28-13-5-12-27(14-15-28)22(29)11-10-18-16-17-6-1-4-9-21(17)26-23(18)30/h1-4,6-9,18H,5,10-16H2,(H,26,30). The van der Waals surface area contributed by atoms with E-state index in [-0.39, 0.29) is 29.2 Å². The van der Waals surface area contributed by atoms with Crippen LogP contribution >= 0.6 is 0 Å². The maximum absolute atomic E-state index is 14.0. The Morgan fingerprint density at radius 2 is 1.68 bits per heavy atom. The number of amides is 3. The largest absolute Gasteiger partial charge is 0.341 e. The lowest BCUT2D eigenvalue weighted by atomic mass is 9.89. The van der Waals surface area contributed by atoms with Crippen LogP contribution in [0, 0.1) is 11.7 Å². The Kier molecular flexibility index (Phi) is 6.30. The summed E-state index contributed by atoms with van der Waals surface area (Å²) in [4.78, 5) is 41.2. The quantitative estimate of drug-likeness (QED) is 0.822. The normalized spacial score (nSPS) is 18.7. The Morgan fingerprint density at radius 3 is 2.52 bits per heavy atom. The molecule has 1 atom stereocenters. The van der Waals surface area contributed by atoms with E-state index in [0.717, 1.165) is 11.3 Å². The lowest BCUT2D eigenvalue weighted by Gasteiger charge is -2.26. The number of benzene rings is 2. The van der Waals surface area contributed by atoms with E-state index in [0.29, 0.717) is 51.9 Å². The van der Waals surface area contributed by atoms with Crippen molar-refractivity contribution >= 4 is 23.4 Å². The van der Waals surface area contributed by atoms with E-state index in [1.807, 2.05) is 24.3 Å². The zero-order valence-electron chi connectivity index (χ0n) is 17.4. The van der Waals surface area contributed by atoms with Gasteiger partial charge in [-0.05, 0) is 43.0 Å². The molecule has 6 nitrogen and oxygen atoms in total. The molecule has 1 saturated heterocycles. The molecule has 2 aliphatic heterocycles. The molecule has 1 N–H and O–H groups in total. The topological polar surface area (TPSA) is 69.7 Å². The number of fused-ring (bicyclic) bond motifs is 1. The molecule has 0 spiro atoms. The number of hydrogen-bond donors (Lipinski definition) is 1. The number of carbonyl (C=O) groups excluding carboxylic acids is 3. The van der Waals surface area contributed by atoms with E-state index in [2.05, 4.69) is 5.32 Å². The second kappa shape index (κ2) is 9.29. The molecule has 0 saturated carbocycles. The van der Waals surface area contributed by atoms with E-state index in [9.17, 15) is 18.8 Å². The smallest absolute Gasteiger partial charge is 0.256 e. The molecule has 31 heavy (non-hydrogen) atoms. The minimum atomic E-state index is -0.531. The van der Waals surface area contributed by atoms with E-state index >= 15 is 0 Å². The minimum absolute atomic E-state index is 0.00755. The van der Waals surface area contributed by atoms with Gasteiger partial charge in [-0.2, -0.15) is 0 Å². The average Bonchev–Trinajstić information content (AvgIpc) is 3.04. The predicted molar refractivity (Wildman–Crippen MR) is 115 cm³/mol. The lowest BCUT2D eigenvalue weighted by Crippen LogP contribution is -2.38. The second-order valence-electron chi connectivity index (χ2n) is 8.09. The molecule has 0 aliphatic carbocycles. The van der Waals surface area contributed by atoms with Gasteiger partial charge in [0.2, 0.25) is 11.8 Å². The highest BCUT2D eigenvalue weighted by atomic mass is 19.1. The van der Waals surface area contributed by atoms with Crippen molar-refractivity contribution in [3.8, 4) is 0 Å². The number of carbonyl (C=O) groups is 3. The van der Waals surface area contributed by atoms with E-state index in [1.54, 1.807) is 21.9 Å². The molecule has 0 bridgehead atoms. The van der Waals surface area contributed by atoms with Crippen LogP contribution < -0.4 is 5.32 Å². The van der Waals surface area contributed by atoms with Crippen LogP contribution in [-0.4, -0.2) is 53.7 Å². The second-order valence-corrected chi connectivity index (χ2v) is 8.09. The fourth-order valence-electron chi connectivity index (χ4n) is 4.28. The summed E-state index contributed by atoms with van der Waals surface area (Å²) in [7, 11) is 0. The van der Waals surface area contributed by atoms with Gasteiger partial charge >= 0.3 is 0 Å². The minimum Gasteiger partial charge on any atom is -0.341 e. The van der Waals surface area contributed by atoms with Crippen molar-refractivity contribution in [3.63, 3.8) is 0 Å². The van der Waals surface area contributed by atoms with Crippen molar-refractivity contribution < 1.29 is 18.8 Å². The molecule has 4 rings (SSSR count). The zero-order chi connectivity index (χ0) is 21.8. The Morgan fingerprint density at radius 1 is 0.968 bits per heavy atom. The maximum atomic E-state index is 14.0. The van der Waals surface area contributed by atoms with Gasteiger partial charge in [-0.3, -0.25) is 14.4 Å². The third-order valence-corrected chi connectivity index (χ3v) is 6.06. The van der Waals surface area contributed by atoms with Gasteiger partial charge in [0.25, 0.3) is 5.91 Å². The van der Waals surface area contributed by atoms with Crippen LogP contribution in [0.15, 0.2) is 48.5 Å². The van der Waals surface area contributed by atoms with Crippen LogP contribution in [0.2, 0.25) is 0 Å². The van der Waals surface area contributed by atoms with Crippen LogP contribution in [0.5, 0.6) is 0 Å². The van der Waals surface area contributed by atoms with Crippen LogP contribution in [0.25, 0.3) is 0 Å². The van der Waals surface area contributed by atoms with Gasteiger partial charge in [-0.15, -0.1) is 0 Å². The summed E-state index contributed by atoms with van der Waals surface area (Å²) in [6.45, 7) is 1.83. The molecule has 3 amide bonds. The zero-order valence-corrected chi connectivity index (χ0v) is 17.4. The molecule has 0 aromatic heterocycles. The van der Waals surface area contributed by atoms with Gasteiger partial charge in [0.05, 0.1) is 5.56 Å². The molecule has 2 heterocycles. The van der Waals surface area contributed by atoms with Crippen molar-refractivity contribution in [1.82, 2.24) is 9.80 Å². The fourth-order valence-corrected chi connectivity index (χ4v) is 4.28. The molecular weight excluding hydrogens is 397 g/mol. The summed E-state index contributed by atoms with van der Waals surface area (Å²) in [6, 6.07) is 13.7. The van der Waals surface area contributed by atoms with Gasteiger partial charge < -0.3 is 15.1 Å². The first kappa shape index (κ1) is 21.0. The van der Waals surface area contributed by atoms with Crippen molar-refractivity contribution in [1.29, 1.82) is 0 Å². The van der Waals surface area contributed by atoms with Gasteiger partial charge in [0.1, 0.15) is 5.82 Å². The molecule has 2 aliphatic rings. The average molecular weight is 423 g/mol. The monoisotopic (exact) mass is 423 g/mol. The van der Waals surface area contributed by atoms with Crippen LogP contribution in [0.3, 0.4) is 0 Å². The Bertz CT molecular complexity index is 994. The van der Waals surface area contributed by atoms with E-state index < -0.39 is 5.82 Å². The van der Waals surface area contributed by atoms with Crippen molar-refractivity contribution in [3.05, 3.63) is 65.5 Å². The summed E-state index contributed by atoms with van der Waals surface area (Å²) in [5.41, 5.74) is 2.00. The number of halogens is 1. The van der Waals surface area contributed by atoms with Gasteiger partial charge in [0, 0.05) is 44.2 Å². The first-order chi connectivity index (χ1) is 15.0. The van der Waals surface area contributed by atoms with Crippen LogP contribution in [-0.2, 0) is 16.0 Å². The Labute approximate surface area is 181 Å². The maximum Gasteiger partial charge on any atom is 0.256 e. The summed E-state index contributed by atoms with van der Waals surface area (Å²) < 4.78 is 14.0. The number of nitrogens with zero attached hydrogens (tertiary/aromatic N) is 2. The summed E-state index contributed by atoms with van der Waals surface area (Å²) >= 11 is 0. The lowest BCUT2D eigenvalue weighted by molar-refractivity contribution is -0.131.